The first-order chi connectivity index (χ1) is 12.7. The van der Waals surface area contributed by atoms with Gasteiger partial charge in [0.05, 0.1) is 6.26 Å². The lowest BCUT2D eigenvalue weighted by molar-refractivity contribution is -0.115. The highest BCUT2D eigenvalue weighted by atomic mass is 32.2. The SMILES string of the molecule is C=CCn1c(SCCC(=O)Nc2ccc(F)cc2)nnc1-c1ccco1. The zero-order valence-electron chi connectivity index (χ0n) is 13.9. The first-order valence-electron chi connectivity index (χ1n) is 7.93. The van der Waals surface area contributed by atoms with E-state index in [9.17, 15) is 9.18 Å². The van der Waals surface area contributed by atoms with Crippen LogP contribution >= 0.6 is 11.8 Å². The second kappa shape index (κ2) is 8.48. The molecule has 0 spiro atoms. The number of carbonyl (C=O) groups is 1. The molecule has 0 aliphatic heterocycles. The summed E-state index contributed by atoms with van der Waals surface area (Å²) in [6.45, 7) is 4.29. The maximum Gasteiger partial charge on any atom is 0.225 e. The van der Waals surface area contributed by atoms with E-state index in [1.165, 1.54) is 36.0 Å². The zero-order valence-corrected chi connectivity index (χ0v) is 14.7. The third kappa shape index (κ3) is 4.40. The summed E-state index contributed by atoms with van der Waals surface area (Å²) in [4.78, 5) is 12.0. The number of nitrogens with zero attached hydrogens (tertiary/aromatic N) is 3. The molecule has 0 unspecified atom stereocenters. The standard InChI is InChI=1S/C18H17FN4O2S/c1-2-10-23-17(15-4-3-11-25-15)21-22-18(23)26-12-9-16(24)20-14-7-5-13(19)6-8-14/h2-8,11H,1,9-10,12H2,(H,20,24). The first-order valence-corrected chi connectivity index (χ1v) is 8.92. The van der Waals surface area contributed by atoms with E-state index in [2.05, 4.69) is 22.1 Å². The minimum absolute atomic E-state index is 0.148. The number of nitrogens with one attached hydrogen (secondary N) is 1. The van der Waals surface area contributed by atoms with E-state index in [4.69, 9.17) is 4.42 Å². The van der Waals surface area contributed by atoms with E-state index in [-0.39, 0.29) is 11.7 Å². The predicted molar refractivity (Wildman–Crippen MR) is 98.3 cm³/mol. The second-order valence-electron chi connectivity index (χ2n) is 5.34. The summed E-state index contributed by atoms with van der Waals surface area (Å²) in [6, 6.07) is 9.26. The number of furan rings is 1. The molecule has 2 aromatic heterocycles. The molecule has 3 rings (SSSR count). The molecule has 0 radical (unpaired) electrons. The first kappa shape index (κ1) is 17.9. The Kier molecular flexibility index (Phi) is 5.85. The molecule has 3 aromatic rings. The molecule has 26 heavy (non-hydrogen) atoms. The molecule has 6 nitrogen and oxygen atoms in total. The topological polar surface area (TPSA) is 73.0 Å². The summed E-state index contributed by atoms with van der Waals surface area (Å²) in [7, 11) is 0. The lowest BCUT2D eigenvalue weighted by Crippen LogP contribution is -2.12. The van der Waals surface area contributed by atoms with Gasteiger partial charge in [-0.1, -0.05) is 17.8 Å². The molecule has 134 valence electrons. The number of benzene rings is 1. The van der Waals surface area contributed by atoms with Crippen LogP contribution in [0, 0.1) is 5.82 Å². The van der Waals surface area contributed by atoms with Gasteiger partial charge in [-0.15, -0.1) is 16.8 Å². The minimum atomic E-state index is -0.340. The molecule has 1 amide bonds. The zero-order chi connectivity index (χ0) is 18.4. The van der Waals surface area contributed by atoms with Crippen molar-refractivity contribution in [1.82, 2.24) is 14.8 Å². The Morgan fingerprint density at radius 1 is 1.31 bits per heavy atom. The summed E-state index contributed by atoms with van der Waals surface area (Å²) in [6.07, 6.45) is 3.62. The Bertz CT molecular complexity index is 875. The Balaban J connectivity index is 1.58. The van der Waals surface area contributed by atoms with Crippen LogP contribution in [0.4, 0.5) is 10.1 Å². The van der Waals surface area contributed by atoms with E-state index in [1.54, 1.807) is 18.4 Å². The number of hydrogen-bond acceptors (Lipinski definition) is 5. The Morgan fingerprint density at radius 3 is 2.81 bits per heavy atom. The number of allylic oxidation sites excluding steroid dienone is 1. The van der Waals surface area contributed by atoms with Crippen molar-refractivity contribution in [3.63, 3.8) is 0 Å². The molecule has 0 atom stereocenters. The molecule has 0 fully saturated rings. The second-order valence-corrected chi connectivity index (χ2v) is 6.40. The summed E-state index contributed by atoms with van der Waals surface area (Å²) in [5.41, 5.74) is 0.566. The molecule has 8 heteroatoms. The van der Waals surface area contributed by atoms with Crippen molar-refractivity contribution in [1.29, 1.82) is 0 Å². The van der Waals surface area contributed by atoms with E-state index in [0.717, 1.165) is 0 Å². The number of rotatable bonds is 8. The molecule has 0 saturated heterocycles. The Labute approximate surface area is 154 Å². The number of halogens is 1. The highest BCUT2D eigenvalue weighted by molar-refractivity contribution is 7.99. The number of anilines is 1. The van der Waals surface area contributed by atoms with Gasteiger partial charge >= 0.3 is 0 Å². The van der Waals surface area contributed by atoms with Crippen LogP contribution in [-0.2, 0) is 11.3 Å². The van der Waals surface area contributed by atoms with Crippen LogP contribution in [-0.4, -0.2) is 26.4 Å². The summed E-state index contributed by atoms with van der Waals surface area (Å²) >= 11 is 1.43. The van der Waals surface area contributed by atoms with Crippen LogP contribution in [0.5, 0.6) is 0 Å². The van der Waals surface area contributed by atoms with E-state index >= 15 is 0 Å². The van der Waals surface area contributed by atoms with Gasteiger partial charge in [-0.25, -0.2) is 4.39 Å². The van der Waals surface area contributed by atoms with Crippen molar-refractivity contribution in [2.75, 3.05) is 11.1 Å². The van der Waals surface area contributed by atoms with Gasteiger partial charge in [-0.2, -0.15) is 0 Å². The molecule has 1 N–H and O–H groups in total. The highest BCUT2D eigenvalue weighted by Crippen LogP contribution is 2.24. The van der Waals surface area contributed by atoms with Crippen molar-refractivity contribution in [3.8, 4) is 11.6 Å². The van der Waals surface area contributed by atoms with Gasteiger partial charge in [0, 0.05) is 24.4 Å². The fourth-order valence-electron chi connectivity index (χ4n) is 2.27. The van der Waals surface area contributed by atoms with Crippen LogP contribution in [0.25, 0.3) is 11.6 Å². The molecule has 0 saturated carbocycles. The van der Waals surface area contributed by atoms with Gasteiger partial charge < -0.3 is 9.73 Å². The molecule has 2 heterocycles. The molecular weight excluding hydrogens is 355 g/mol. The molecular formula is C18H17FN4O2S. The highest BCUT2D eigenvalue weighted by Gasteiger charge is 2.15. The monoisotopic (exact) mass is 372 g/mol. The van der Waals surface area contributed by atoms with Crippen molar-refractivity contribution in [2.45, 2.75) is 18.1 Å². The predicted octanol–water partition coefficient (Wildman–Crippen LogP) is 3.98. The lowest BCUT2D eigenvalue weighted by atomic mass is 10.3. The van der Waals surface area contributed by atoms with Crippen LogP contribution in [0.15, 0.2) is 64.9 Å². The van der Waals surface area contributed by atoms with Crippen molar-refractivity contribution in [2.24, 2.45) is 0 Å². The number of thioether (sulfide) groups is 1. The number of amides is 1. The Hall–Kier alpha value is -2.87. The third-order valence-corrected chi connectivity index (χ3v) is 4.43. The maximum atomic E-state index is 12.9. The summed E-state index contributed by atoms with van der Waals surface area (Å²) in [5, 5.41) is 11.8. The number of aromatic nitrogens is 3. The van der Waals surface area contributed by atoms with Gasteiger partial charge in [0.15, 0.2) is 10.9 Å². The van der Waals surface area contributed by atoms with Gasteiger partial charge in [0.2, 0.25) is 11.7 Å². The smallest absolute Gasteiger partial charge is 0.225 e. The third-order valence-electron chi connectivity index (χ3n) is 3.46. The van der Waals surface area contributed by atoms with E-state index < -0.39 is 0 Å². The van der Waals surface area contributed by atoms with Crippen molar-refractivity contribution >= 4 is 23.4 Å². The van der Waals surface area contributed by atoms with E-state index in [0.29, 0.717) is 41.1 Å². The quantitative estimate of drug-likeness (QED) is 0.478. The van der Waals surface area contributed by atoms with Crippen molar-refractivity contribution < 1.29 is 13.6 Å². The fraction of sp³-hybridized carbons (Fsp3) is 0.167. The maximum absolute atomic E-state index is 12.9. The Morgan fingerprint density at radius 2 is 2.12 bits per heavy atom. The van der Waals surface area contributed by atoms with Gasteiger partial charge in [-0.3, -0.25) is 9.36 Å². The summed E-state index contributed by atoms with van der Waals surface area (Å²) < 4.78 is 20.1. The minimum Gasteiger partial charge on any atom is -0.461 e. The van der Waals surface area contributed by atoms with Gasteiger partial charge in [-0.05, 0) is 36.4 Å². The van der Waals surface area contributed by atoms with Crippen LogP contribution in [0.2, 0.25) is 0 Å². The van der Waals surface area contributed by atoms with Crippen LogP contribution < -0.4 is 5.32 Å². The fourth-order valence-corrected chi connectivity index (χ4v) is 3.15. The molecule has 0 bridgehead atoms. The lowest BCUT2D eigenvalue weighted by Gasteiger charge is -2.07. The largest absolute Gasteiger partial charge is 0.461 e. The number of hydrogen-bond donors (Lipinski definition) is 1. The molecule has 0 aliphatic rings. The van der Waals surface area contributed by atoms with Crippen LogP contribution in [0.1, 0.15) is 6.42 Å². The molecule has 0 aliphatic carbocycles. The number of carbonyl (C=O) groups excluding carboxylic acids is 1. The molecule has 1 aromatic carbocycles. The normalized spacial score (nSPS) is 10.7. The van der Waals surface area contributed by atoms with Gasteiger partial charge in [0.25, 0.3) is 0 Å². The average molecular weight is 372 g/mol. The van der Waals surface area contributed by atoms with Crippen LogP contribution in [0.3, 0.4) is 0 Å². The van der Waals surface area contributed by atoms with E-state index in [1.807, 2.05) is 10.6 Å². The van der Waals surface area contributed by atoms with Gasteiger partial charge in [0.1, 0.15) is 5.82 Å². The summed E-state index contributed by atoms with van der Waals surface area (Å²) in [5.74, 6) is 1.28. The average Bonchev–Trinajstić information content (AvgIpc) is 3.28. The van der Waals surface area contributed by atoms with Crippen molar-refractivity contribution in [3.05, 3.63) is 61.1 Å².